The number of aromatic hydroxyl groups is 1. The maximum absolute atomic E-state index is 11.8. The van der Waals surface area contributed by atoms with Crippen LogP contribution in [0.4, 0.5) is 0 Å². The van der Waals surface area contributed by atoms with E-state index in [-0.39, 0.29) is 29.3 Å². The van der Waals surface area contributed by atoms with Crippen LogP contribution in [0.1, 0.15) is 23.0 Å². The van der Waals surface area contributed by atoms with Crippen LogP contribution in [0, 0.1) is 0 Å². The minimum atomic E-state index is -0.647. The molecule has 8 heteroatoms. The summed E-state index contributed by atoms with van der Waals surface area (Å²) < 4.78 is 9.41. The van der Waals surface area contributed by atoms with E-state index in [2.05, 4.69) is 20.1 Å². The quantitative estimate of drug-likeness (QED) is 0.635. The fourth-order valence-electron chi connectivity index (χ4n) is 1.84. The van der Waals surface area contributed by atoms with Crippen LogP contribution in [0.2, 0.25) is 0 Å². The zero-order valence-electron chi connectivity index (χ0n) is 12.6. The third-order valence-corrected chi connectivity index (χ3v) is 2.91. The first-order chi connectivity index (χ1) is 11.1. The highest BCUT2D eigenvalue weighted by Gasteiger charge is 2.21. The number of nitrogens with zero attached hydrogens (tertiary/aromatic N) is 2. The van der Waals surface area contributed by atoms with Crippen molar-refractivity contribution in [1.82, 2.24) is 15.4 Å². The predicted molar refractivity (Wildman–Crippen MR) is 80.5 cm³/mol. The minimum absolute atomic E-state index is 0.0313. The lowest BCUT2D eigenvalue weighted by Gasteiger charge is -2.05. The summed E-state index contributed by atoms with van der Waals surface area (Å²) in [4.78, 5) is 23.0. The van der Waals surface area contributed by atoms with E-state index in [1.165, 1.54) is 25.3 Å². The summed E-state index contributed by atoms with van der Waals surface area (Å²) in [5.74, 6) is -1.24. The van der Waals surface area contributed by atoms with Crippen LogP contribution < -0.4 is 0 Å². The highest BCUT2D eigenvalue weighted by molar-refractivity contribution is 5.95. The second kappa shape index (κ2) is 7.21. The Morgan fingerprint density at radius 2 is 2.13 bits per heavy atom. The van der Waals surface area contributed by atoms with Crippen LogP contribution in [0.15, 0.2) is 24.3 Å². The van der Waals surface area contributed by atoms with Gasteiger partial charge in [0.2, 0.25) is 0 Å². The molecule has 2 rings (SSSR count). The van der Waals surface area contributed by atoms with Gasteiger partial charge < -0.3 is 14.6 Å². The average Bonchev–Trinajstić information content (AvgIpc) is 3.03. The maximum Gasteiger partial charge on any atom is 0.361 e. The Balaban J connectivity index is 2.40. The van der Waals surface area contributed by atoms with Gasteiger partial charge in [-0.25, -0.2) is 9.59 Å². The Bertz CT molecular complexity index is 751. The Kier molecular flexibility index (Phi) is 5.08. The number of aromatic nitrogens is 3. The van der Waals surface area contributed by atoms with Crippen molar-refractivity contribution in [2.45, 2.75) is 6.92 Å². The molecule has 1 heterocycles. The van der Waals surface area contributed by atoms with Gasteiger partial charge in [0.1, 0.15) is 11.4 Å². The Morgan fingerprint density at radius 3 is 2.83 bits per heavy atom. The van der Waals surface area contributed by atoms with Crippen molar-refractivity contribution in [1.29, 1.82) is 0 Å². The van der Waals surface area contributed by atoms with Gasteiger partial charge in [-0.1, -0.05) is 6.07 Å². The van der Waals surface area contributed by atoms with Gasteiger partial charge in [-0.3, -0.25) is 0 Å². The molecule has 0 amide bonds. The molecule has 120 valence electrons. The van der Waals surface area contributed by atoms with E-state index in [0.29, 0.717) is 5.56 Å². The molecule has 2 N–H and O–H groups in total. The van der Waals surface area contributed by atoms with Crippen LogP contribution in [0.25, 0.3) is 17.3 Å². The SMILES string of the molecule is CCOC(=O)c1n[nH]nc1-c1cc(C=CC(=O)OC)ccc1O. The summed E-state index contributed by atoms with van der Waals surface area (Å²) in [6, 6.07) is 4.59. The van der Waals surface area contributed by atoms with Crippen molar-refractivity contribution >= 4 is 18.0 Å². The number of methoxy groups -OCH3 is 1. The average molecular weight is 317 g/mol. The van der Waals surface area contributed by atoms with Gasteiger partial charge in [0.25, 0.3) is 0 Å². The zero-order valence-corrected chi connectivity index (χ0v) is 12.6. The summed E-state index contributed by atoms with van der Waals surface area (Å²) >= 11 is 0. The van der Waals surface area contributed by atoms with Crippen LogP contribution in [-0.4, -0.2) is 46.2 Å². The summed E-state index contributed by atoms with van der Waals surface area (Å²) in [5.41, 5.74) is 1.03. The molecule has 0 saturated heterocycles. The Hall–Kier alpha value is -3.16. The number of hydrogen-bond donors (Lipinski definition) is 2. The zero-order chi connectivity index (χ0) is 16.8. The number of nitrogens with one attached hydrogen (secondary N) is 1. The molecule has 0 saturated carbocycles. The molecule has 23 heavy (non-hydrogen) atoms. The van der Waals surface area contributed by atoms with Crippen LogP contribution in [0.3, 0.4) is 0 Å². The lowest BCUT2D eigenvalue weighted by molar-refractivity contribution is -0.134. The number of carbonyl (C=O) groups excluding carboxylic acids is 2. The lowest BCUT2D eigenvalue weighted by atomic mass is 10.0. The van der Waals surface area contributed by atoms with E-state index in [9.17, 15) is 14.7 Å². The maximum atomic E-state index is 11.8. The number of rotatable bonds is 5. The number of ether oxygens (including phenoxy) is 2. The summed E-state index contributed by atoms with van der Waals surface area (Å²) in [7, 11) is 1.27. The number of phenols is 1. The smallest absolute Gasteiger partial charge is 0.361 e. The van der Waals surface area contributed by atoms with Gasteiger partial charge in [-0.15, -0.1) is 5.10 Å². The predicted octanol–water partition coefficient (Wildman–Crippen LogP) is 1.54. The largest absolute Gasteiger partial charge is 0.507 e. The van der Waals surface area contributed by atoms with E-state index >= 15 is 0 Å². The van der Waals surface area contributed by atoms with Gasteiger partial charge in [0.05, 0.1) is 13.7 Å². The van der Waals surface area contributed by atoms with E-state index in [1.807, 2.05) is 0 Å². The molecule has 0 unspecified atom stereocenters. The van der Waals surface area contributed by atoms with E-state index in [4.69, 9.17) is 4.74 Å². The van der Waals surface area contributed by atoms with Crippen LogP contribution in [-0.2, 0) is 14.3 Å². The molecule has 0 aliphatic heterocycles. The fourth-order valence-corrected chi connectivity index (χ4v) is 1.84. The van der Waals surface area contributed by atoms with Gasteiger partial charge in [0.15, 0.2) is 5.69 Å². The number of H-pyrrole nitrogens is 1. The summed E-state index contributed by atoms with van der Waals surface area (Å²) in [6.45, 7) is 1.87. The number of carbonyl (C=O) groups is 2. The number of phenolic OH excluding ortho intramolecular Hbond substituents is 1. The van der Waals surface area contributed by atoms with Crippen LogP contribution in [0.5, 0.6) is 5.75 Å². The first-order valence-corrected chi connectivity index (χ1v) is 6.74. The molecule has 0 atom stereocenters. The molecule has 0 aliphatic rings. The number of esters is 2. The Labute approximate surface area is 131 Å². The molecular weight excluding hydrogens is 302 g/mol. The molecule has 0 fully saturated rings. The minimum Gasteiger partial charge on any atom is -0.507 e. The summed E-state index contributed by atoms with van der Waals surface area (Å²) in [6.07, 6.45) is 2.75. The molecule has 8 nitrogen and oxygen atoms in total. The van der Waals surface area contributed by atoms with Crippen LogP contribution >= 0.6 is 0 Å². The standard InChI is InChI=1S/C15H15N3O5/c1-3-23-15(21)14-13(16-18-17-14)10-8-9(4-6-11(10)19)5-7-12(20)22-2/h4-8,19H,3H2,1-2H3,(H,16,17,18). The molecular formula is C15H15N3O5. The topological polar surface area (TPSA) is 114 Å². The van der Waals surface area contributed by atoms with E-state index < -0.39 is 11.9 Å². The number of hydrogen-bond acceptors (Lipinski definition) is 7. The second-order valence-electron chi connectivity index (χ2n) is 4.37. The van der Waals surface area contributed by atoms with Gasteiger partial charge in [-0.2, -0.15) is 10.3 Å². The normalized spacial score (nSPS) is 10.7. The van der Waals surface area contributed by atoms with Crippen molar-refractivity contribution in [2.75, 3.05) is 13.7 Å². The lowest BCUT2D eigenvalue weighted by Crippen LogP contribution is -2.06. The highest BCUT2D eigenvalue weighted by Crippen LogP contribution is 2.30. The van der Waals surface area contributed by atoms with Crippen molar-refractivity contribution < 1.29 is 24.2 Å². The molecule has 0 aliphatic carbocycles. The molecule has 0 radical (unpaired) electrons. The van der Waals surface area contributed by atoms with Gasteiger partial charge in [0, 0.05) is 11.6 Å². The number of aromatic amines is 1. The monoisotopic (exact) mass is 317 g/mol. The molecule has 0 bridgehead atoms. The Morgan fingerprint density at radius 1 is 1.35 bits per heavy atom. The van der Waals surface area contributed by atoms with E-state index in [0.717, 1.165) is 0 Å². The van der Waals surface area contributed by atoms with E-state index in [1.54, 1.807) is 19.1 Å². The second-order valence-corrected chi connectivity index (χ2v) is 4.37. The van der Waals surface area contributed by atoms with Crippen molar-refractivity contribution in [3.63, 3.8) is 0 Å². The fraction of sp³-hybridized carbons (Fsp3) is 0.200. The first kappa shape index (κ1) is 16.2. The van der Waals surface area contributed by atoms with Crippen molar-refractivity contribution in [3.8, 4) is 17.0 Å². The van der Waals surface area contributed by atoms with Gasteiger partial charge in [-0.05, 0) is 30.7 Å². The molecule has 1 aromatic carbocycles. The van der Waals surface area contributed by atoms with Crippen molar-refractivity contribution in [3.05, 3.63) is 35.5 Å². The number of benzene rings is 1. The third-order valence-electron chi connectivity index (χ3n) is 2.91. The molecule has 0 spiro atoms. The van der Waals surface area contributed by atoms with Gasteiger partial charge >= 0.3 is 11.9 Å². The van der Waals surface area contributed by atoms with Crippen molar-refractivity contribution in [2.24, 2.45) is 0 Å². The summed E-state index contributed by atoms with van der Waals surface area (Å²) in [5, 5.41) is 20.0. The highest BCUT2D eigenvalue weighted by atomic mass is 16.5. The molecule has 2 aromatic rings. The molecule has 1 aromatic heterocycles. The first-order valence-electron chi connectivity index (χ1n) is 6.74. The third kappa shape index (κ3) is 3.73.